The fourth-order valence-corrected chi connectivity index (χ4v) is 10.4. The molecule has 7 aromatic rings. The SMILES string of the molecule is C.C.C.CN(CCCc1c(Cl)nnc(Cl)c1Cl)C(=O)OC(C)(C)C.CN1CCCc2c1nnc(Cl)c2Cl.CN1CCNc2c(Cl)nnc(Cl)c21.CN1CCNc2nnccc21.CNCCCc1c(Cl)nnc(Cl)c1Cl.Cl.O=c1[nH][nH]c(=O)c(Cl)c1Cl.O=c1[nH]nc(Cl)c(Cl)c1Cl. The summed E-state index contributed by atoms with van der Waals surface area (Å²) >= 11 is 85.6. The summed E-state index contributed by atoms with van der Waals surface area (Å²) in [6.07, 6.45) is 6.23. The number of hydrogen-bond acceptors (Lipinski definition) is 22. The molecule has 0 bridgehead atoms. The Bertz CT molecular complexity index is 3760. The summed E-state index contributed by atoms with van der Waals surface area (Å²) in [6.45, 7) is 11.6. The lowest BCUT2D eigenvalue weighted by Gasteiger charge is -2.28. The molecule has 0 spiro atoms. The van der Waals surface area contributed by atoms with Crippen molar-refractivity contribution in [3.63, 3.8) is 0 Å². The van der Waals surface area contributed by atoms with Crippen LogP contribution in [0.15, 0.2) is 26.6 Å². The van der Waals surface area contributed by atoms with Crippen LogP contribution in [0.4, 0.5) is 33.5 Å². The van der Waals surface area contributed by atoms with Crippen LogP contribution in [0.5, 0.6) is 0 Å². The maximum atomic E-state index is 11.8. The summed E-state index contributed by atoms with van der Waals surface area (Å²) in [4.78, 5) is 51.2. The van der Waals surface area contributed by atoms with Crippen molar-refractivity contribution in [3.8, 4) is 0 Å². The minimum atomic E-state index is -0.605. The van der Waals surface area contributed by atoms with Gasteiger partial charge in [-0.15, -0.1) is 58.3 Å². The van der Waals surface area contributed by atoms with E-state index in [0.717, 1.165) is 105 Å². The van der Waals surface area contributed by atoms with E-state index in [4.69, 9.17) is 179 Å². The second-order valence-electron chi connectivity index (χ2n) is 20.0. The summed E-state index contributed by atoms with van der Waals surface area (Å²) in [6, 6.07) is 1.97. The Hall–Kier alpha value is -4.17. The van der Waals surface area contributed by atoms with Crippen molar-refractivity contribution in [2.24, 2.45) is 0 Å². The monoisotopic (exact) mass is 1650 g/mol. The Morgan fingerprint density at radius 2 is 1.07 bits per heavy atom. The number of ether oxygens (including phenoxy) is 1. The molecule has 96 heavy (non-hydrogen) atoms. The number of aromatic amines is 3. The number of amides is 1. The molecule has 42 heteroatoms. The molecule has 7 aromatic heterocycles. The van der Waals surface area contributed by atoms with Crippen molar-refractivity contribution >= 4 is 221 Å². The molecule has 10 rings (SSSR count). The topological polar surface area (TPSA) is 316 Å². The number of carbonyl (C=O) groups is 1. The van der Waals surface area contributed by atoms with Gasteiger partial charge < -0.3 is 40.3 Å². The third-order valence-corrected chi connectivity index (χ3v) is 17.6. The zero-order chi connectivity index (χ0) is 68.7. The Balaban J connectivity index is 0.00000110. The highest BCUT2D eigenvalue weighted by Gasteiger charge is 2.24. The van der Waals surface area contributed by atoms with Crippen LogP contribution < -0.4 is 47.3 Å². The molecule has 0 aromatic carbocycles. The van der Waals surface area contributed by atoms with Crippen LogP contribution in [-0.2, 0) is 24.0 Å². The van der Waals surface area contributed by atoms with Gasteiger partial charge >= 0.3 is 6.09 Å². The van der Waals surface area contributed by atoms with E-state index < -0.39 is 22.3 Å². The van der Waals surface area contributed by atoms with Crippen LogP contribution >= 0.6 is 186 Å². The molecule has 0 atom stereocenters. The van der Waals surface area contributed by atoms with Gasteiger partial charge in [0.1, 0.15) is 37.1 Å². The summed E-state index contributed by atoms with van der Waals surface area (Å²) in [7, 11) is 9.55. The maximum Gasteiger partial charge on any atom is 0.410 e. The number of nitrogens with one attached hydrogen (secondary N) is 6. The van der Waals surface area contributed by atoms with Crippen molar-refractivity contribution in [1.29, 1.82) is 0 Å². The van der Waals surface area contributed by atoms with Crippen molar-refractivity contribution in [2.75, 3.05) is 106 Å². The van der Waals surface area contributed by atoms with Gasteiger partial charge in [0.2, 0.25) is 0 Å². The summed E-state index contributed by atoms with van der Waals surface area (Å²) in [5, 5.41) is 58.9. The molecule has 10 heterocycles. The number of H-pyrrole nitrogens is 3. The smallest absolute Gasteiger partial charge is 0.410 e. The number of nitrogens with zero attached hydrogens (tertiary/aromatic N) is 15. The van der Waals surface area contributed by atoms with E-state index in [-0.39, 0.29) is 81.5 Å². The lowest BCUT2D eigenvalue weighted by molar-refractivity contribution is 0.0297. The fourth-order valence-electron chi connectivity index (χ4n) is 7.54. The van der Waals surface area contributed by atoms with E-state index in [1.165, 1.54) is 4.90 Å². The molecule has 0 radical (unpaired) electrons. The predicted molar refractivity (Wildman–Crippen MR) is 400 cm³/mol. The Morgan fingerprint density at radius 1 is 0.583 bits per heavy atom. The van der Waals surface area contributed by atoms with Crippen LogP contribution in [0.3, 0.4) is 0 Å². The van der Waals surface area contributed by atoms with Gasteiger partial charge in [0.05, 0.1) is 27.0 Å². The average molecular weight is 1660 g/mol. The number of aromatic nitrogens is 14. The number of hydrogen-bond donors (Lipinski definition) is 6. The minimum Gasteiger partial charge on any atom is -0.444 e. The van der Waals surface area contributed by atoms with E-state index in [1.807, 2.05) is 68.0 Å². The van der Waals surface area contributed by atoms with Crippen LogP contribution in [-0.4, -0.2) is 169 Å². The molecule has 1 amide bonds. The molecule has 0 unspecified atom stereocenters. The lowest BCUT2D eigenvalue weighted by atomic mass is 10.1. The molecule has 3 aliphatic rings. The Morgan fingerprint density at radius 3 is 1.60 bits per heavy atom. The number of likely N-dealkylation sites (N-methyl/N-ethyl adjacent to an activating group) is 2. The van der Waals surface area contributed by atoms with Crippen LogP contribution in [0, 0.1) is 0 Å². The first kappa shape index (κ1) is 91.8. The summed E-state index contributed by atoms with van der Waals surface area (Å²) in [5.41, 5.74) is 2.89. The average Bonchev–Trinajstić information content (AvgIpc) is 0.823. The first-order valence-corrected chi connectivity index (χ1v) is 32.4. The van der Waals surface area contributed by atoms with Crippen LogP contribution in [0.2, 0.25) is 76.4 Å². The number of rotatable bonds is 8. The summed E-state index contributed by atoms with van der Waals surface area (Å²) in [5.74, 6) is 1.75. The highest BCUT2D eigenvalue weighted by molar-refractivity contribution is 6.47. The molecule has 6 N–H and O–H groups in total. The Kier molecular flexibility index (Phi) is 42.9. The lowest BCUT2D eigenvalue weighted by Crippen LogP contribution is -2.34. The minimum absolute atomic E-state index is 0. The number of carbonyl (C=O) groups excluding carboxylic acids is 1. The van der Waals surface area contributed by atoms with Crippen LogP contribution in [0.1, 0.15) is 79.0 Å². The van der Waals surface area contributed by atoms with Gasteiger partial charge in [0, 0.05) is 84.1 Å². The molecule has 0 saturated heterocycles. The van der Waals surface area contributed by atoms with E-state index in [9.17, 15) is 19.2 Å². The second kappa shape index (κ2) is 44.9. The van der Waals surface area contributed by atoms with E-state index in [2.05, 4.69) is 89.1 Å². The van der Waals surface area contributed by atoms with E-state index >= 15 is 0 Å². The second-order valence-corrected chi connectivity index (χ2v) is 25.5. The van der Waals surface area contributed by atoms with E-state index in [0.29, 0.717) is 60.6 Å². The van der Waals surface area contributed by atoms with Gasteiger partial charge in [-0.1, -0.05) is 196 Å². The van der Waals surface area contributed by atoms with Gasteiger partial charge in [0.25, 0.3) is 16.7 Å². The van der Waals surface area contributed by atoms with Gasteiger partial charge in [-0.05, 0) is 79.0 Å². The number of halogens is 16. The largest absolute Gasteiger partial charge is 0.444 e. The highest BCUT2D eigenvalue weighted by Crippen LogP contribution is 2.38. The molecular weight excluding hydrogens is 1590 g/mol. The summed E-state index contributed by atoms with van der Waals surface area (Å²) < 4.78 is 5.26. The quantitative estimate of drug-likeness (QED) is 0.0770. The van der Waals surface area contributed by atoms with E-state index in [1.54, 1.807) is 13.2 Å². The van der Waals surface area contributed by atoms with Gasteiger partial charge in [-0.3, -0.25) is 24.6 Å². The standard InChI is InChI=1S/C13H18Cl3N3O2.C8H10Cl3N3.C8H9Cl2N3.C7H8Cl2N4.C7H10N4.C4HCl3N2O.C4H2Cl2N2O2.3CH4.ClH/c1-13(2,3)21-12(20)19(4)7-5-6-8-9(14)11(16)18-17-10(8)15;1-12-4-2-3-5-6(9)8(11)14-13-7(5)10;1-13-4-2-3-5-6(9)7(10)11-12-8(5)13;1-13-3-2-10-4-5(13)7(9)12-11-6(4)8;1-11-5-4-8-7-6(11)2-3-9-10-7;5-1-2(6)4(10)9-8-3(1)7;5-1-2(6)4(10)8-7-3(1)9;;;;/h5-7H2,1-4H3;12H,2-4H2,1H3;2-4H2,1H3;10H,2-3H2,1H3;2-3H,4-5H2,1H3,(H,8,10);(H,9,10);(H,7,9)(H,8,10);3*1H4;1H. The van der Waals surface area contributed by atoms with Crippen molar-refractivity contribution in [2.45, 2.75) is 87.2 Å². The zero-order valence-corrected chi connectivity index (χ0v) is 62.3. The van der Waals surface area contributed by atoms with Crippen molar-refractivity contribution in [1.82, 2.24) is 81.6 Å². The number of fused-ring (bicyclic) bond motifs is 3. The molecule has 534 valence electrons. The highest BCUT2D eigenvalue weighted by atomic mass is 35.5. The van der Waals surface area contributed by atoms with Crippen LogP contribution in [0.25, 0.3) is 0 Å². The van der Waals surface area contributed by atoms with Crippen molar-refractivity contribution < 1.29 is 9.53 Å². The predicted octanol–water partition coefficient (Wildman–Crippen LogP) is 15.4. The third kappa shape index (κ3) is 28.1. The fraction of sp³-hybridized carbons (Fsp3) is 0.463. The normalized spacial score (nSPS) is 12.1. The molecule has 0 aliphatic carbocycles. The van der Waals surface area contributed by atoms with Gasteiger partial charge in [0.15, 0.2) is 52.9 Å². The Labute approximate surface area is 636 Å². The molecular formula is C54H71Cl16N21O5. The maximum absolute atomic E-state index is 11.8. The zero-order valence-electron chi connectivity index (χ0n) is 50.2. The molecule has 26 nitrogen and oxygen atoms in total. The third-order valence-electron chi connectivity index (χ3n) is 12.1. The van der Waals surface area contributed by atoms with Crippen molar-refractivity contribution in [3.05, 3.63) is 136 Å². The molecule has 0 fully saturated rings. The van der Waals surface area contributed by atoms with Gasteiger partial charge in [-0.2, -0.15) is 10.2 Å². The number of anilines is 5. The first-order valence-electron chi connectivity index (χ1n) is 26.7. The molecule has 3 aliphatic heterocycles. The molecule has 0 saturated carbocycles. The van der Waals surface area contributed by atoms with Gasteiger partial charge in [-0.25, -0.2) is 9.89 Å². The first-order chi connectivity index (χ1) is 43.3.